The van der Waals surface area contributed by atoms with Crippen molar-refractivity contribution in [1.82, 2.24) is 30.1 Å². The number of pyridine rings is 2. The van der Waals surface area contributed by atoms with E-state index in [2.05, 4.69) is 71.8 Å². The van der Waals surface area contributed by atoms with Gasteiger partial charge in [-0.2, -0.15) is 0 Å². The summed E-state index contributed by atoms with van der Waals surface area (Å²) in [5.74, 6) is 1.74. The van der Waals surface area contributed by atoms with Gasteiger partial charge in [-0.3, -0.25) is 14.8 Å². The van der Waals surface area contributed by atoms with Crippen LogP contribution in [0.15, 0.2) is 91.3 Å². The topological polar surface area (TPSA) is 102 Å². The number of H-pyrrole nitrogens is 1. The van der Waals surface area contributed by atoms with E-state index in [1.54, 1.807) is 13.3 Å². The number of ether oxygens (including phenoxy) is 1. The molecule has 9 heteroatoms. The maximum absolute atomic E-state index is 9.83. The van der Waals surface area contributed by atoms with Crippen molar-refractivity contribution in [2.75, 3.05) is 45.2 Å². The van der Waals surface area contributed by atoms with E-state index >= 15 is 0 Å². The van der Waals surface area contributed by atoms with Crippen molar-refractivity contribution in [3.05, 3.63) is 119 Å². The second kappa shape index (κ2) is 15.8. The molecule has 4 heterocycles. The average Bonchev–Trinajstić information content (AvgIpc) is 3.45. The number of aliphatic hydroxyl groups is 1. The zero-order valence-corrected chi connectivity index (χ0v) is 26.7. The first-order chi connectivity index (χ1) is 22.7. The molecule has 0 bridgehead atoms. The quantitative estimate of drug-likeness (QED) is 0.115. The normalized spacial score (nSPS) is 14.0. The zero-order chi connectivity index (χ0) is 31.6. The summed E-state index contributed by atoms with van der Waals surface area (Å²) < 4.78 is 5.46. The zero-order valence-electron chi connectivity index (χ0n) is 26.7. The lowest BCUT2D eigenvalue weighted by Gasteiger charge is -2.29. The number of aromatic nitrogens is 3. The van der Waals surface area contributed by atoms with Gasteiger partial charge in [-0.15, -0.1) is 0 Å². The van der Waals surface area contributed by atoms with Crippen LogP contribution < -0.4 is 15.4 Å². The number of hydrogen-bond donors (Lipinski definition) is 4. The molecule has 240 valence electrons. The number of methoxy groups -OCH3 is 1. The number of anilines is 1. The lowest BCUT2D eigenvalue weighted by atomic mass is 10.0. The highest BCUT2D eigenvalue weighted by atomic mass is 16.5. The van der Waals surface area contributed by atoms with Gasteiger partial charge in [0.2, 0.25) is 0 Å². The second-order valence-corrected chi connectivity index (χ2v) is 12.1. The number of fused-ring (bicyclic) bond motifs is 3. The van der Waals surface area contributed by atoms with Gasteiger partial charge in [0.25, 0.3) is 0 Å². The molecule has 6 rings (SSSR count). The monoisotopic (exact) mass is 619 g/mol. The van der Waals surface area contributed by atoms with Gasteiger partial charge in [0.05, 0.1) is 12.8 Å². The number of nitrogens with one attached hydrogen (secondary N) is 3. The molecule has 4 N–H and O–H groups in total. The van der Waals surface area contributed by atoms with Crippen molar-refractivity contribution in [1.29, 1.82) is 0 Å². The van der Waals surface area contributed by atoms with E-state index in [4.69, 9.17) is 4.74 Å². The molecule has 1 atom stereocenters. The molecule has 0 fully saturated rings. The van der Waals surface area contributed by atoms with Crippen molar-refractivity contribution in [3.63, 3.8) is 0 Å². The van der Waals surface area contributed by atoms with Crippen LogP contribution in [0.5, 0.6) is 5.75 Å². The van der Waals surface area contributed by atoms with Crippen LogP contribution >= 0.6 is 0 Å². The minimum atomic E-state index is 0.0738. The Bertz CT molecular complexity index is 1640. The molecule has 0 saturated carbocycles. The first-order valence-corrected chi connectivity index (χ1v) is 16.3. The van der Waals surface area contributed by atoms with Gasteiger partial charge in [0.1, 0.15) is 11.6 Å². The Morgan fingerprint density at radius 3 is 2.59 bits per heavy atom. The summed E-state index contributed by atoms with van der Waals surface area (Å²) >= 11 is 0. The highest BCUT2D eigenvalue weighted by molar-refractivity contribution is 5.86. The van der Waals surface area contributed by atoms with Crippen molar-refractivity contribution >= 4 is 16.7 Å². The van der Waals surface area contributed by atoms with Crippen LogP contribution in [0.1, 0.15) is 34.5 Å². The maximum Gasteiger partial charge on any atom is 0.126 e. The molecule has 1 unspecified atom stereocenters. The fourth-order valence-electron chi connectivity index (χ4n) is 6.33. The second-order valence-electron chi connectivity index (χ2n) is 12.1. The smallest absolute Gasteiger partial charge is 0.126 e. The summed E-state index contributed by atoms with van der Waals surface area (Å²) in [6.07, 6.45) is 5.30. The van der Waals surface area contributed by atoms with Crippen molar-refractivity contribution in [2.45, 2.75) is 45.1 Å². The Labute approximate surface area is 271 Å². The van der Waals surface area contributed by atoms with Crippen molar-refractivity contribution < 1.29 is 9.84 Å². The average molecular weight is 620 g/mol. The Morgan fingerprint density at radius 1 is 1.00 bits per heavy atom. The summed E-state index contributed by atoms with van der Waals surface area (Å²) in [4.78, 5) is 17.5. The Morgan fingerprint density at radius 2 is 1.83 bits per heavy atom. The Balaban J connectivity index is 1.08. The number of nitrogens with zero attached hydrogens (tertiary/aromatic N) is 4. The molecule has 0 spiro atoms. The third-order valence-corrected chi connectivity index (χ3v) is 8.71. The first-order valence-electron chi connectivity index (χ1n) is 16.3. The molecule has 9 nitrogen and oxygen atoms in total. The van der Waals surface area contributed by atoms with Crippen LogP contribution in [0.3, 0.4) is 0 Å². The number of aliphatic hydroxyl groups excluding tert-OH is 1. The predicted octanol–water partition coefficient (Wildman–Crippen LogP) is 4.98. The number of hydrogen-bond acceptors (Lipinski definition) is 8. The molecular formula is C37H45N7O2. The lowest BCUT2D eigenvalue weighted by molar-refractivity contribution is 0.224. The third-order valence-electron chi connectivity index (χ3n) is 8.71. The van der Waals surface area contributed by atoms with Crippen LogP contribution in [0, 0.1) is 0 Å². The number of aromatic amines is 1. The lowest BCUT2D eigenvalue weighted by Crippen LogP contribution is -2.40. The summed E-state index contributed by atoms with van der Waals surface area (Å²) in [6.45, 7) is 7.05. The van der Waals surface area contributed by atoms with E-state index in [9.17, 15) is 5.11 Å². The van der Waals surface area contributed by atoms with E-state index < -0.39 is 0 Å². The maximum atomic E-state index is 9.83. The number of benzene rings is 2. The van der Waals surface area contributed by atoms with Crippen LogP contribution in [0.25, 0.3) is 10.9 Å². The van der Waals surface area contributed by atoms with E-state index in [0.29, 0.717) is 6.42 Å². The third kappa shape index (κ3) is 8.50. The minimum Gasteiger partial charge on any atom is -0.497 e. The highest BCUT2D eigenvalue weighted by Gasteiger charge is 2.21. The molecule has 3 aromatic heterocycles. The molecule has 2 aromatic carbocycles. The molecule has 1 aliphatic heterocycles. The van der Waals surface area contributed by atoms with Gasteiger partial charge in [0, 0.05) is 94.0 Å². The minimum absolute atomic E-state index is 0.0738. The van der Waals surface area contributed by atoms with E-state index in [0.717, 1.165) is 76.0 Å². The van der Waals surface area contributed by atoms with Crippen molar-refractivity contribution in [3.8, 4) is 5.75 Å². The van der Waals surface area contributed by atoms with E-state index in [-0.39, 0.29) is 12.6 Å². The molecule has 0 aliphatic carbocycles. The first kappa shape index (κ1) is 31.7. The van der Waals surface area contributed by atoms with Gasteiger partial charge in [0.15, 0.2) is 0 Å². The van der Waals surface area contributed by atoms with Gasteiger partial charge in [-0.05, 0) is 72.0 Å². The summed E-state index contributed by atoms with van der Waals surface area (Å²) in [7, 11) is 1.72. The Kier molecular flexibility index (Phi) is 10.9. The van der Waals surface area contributed by atoms with E-state index in [1.807, 2.05) is 48.7 Å². The van der Waals surface area contributed by atoms with Gasteiger partial charge in [-0.1, -0.05) is 36.4 Å². The Hall–Kier alpha value is -4.28. The molecule has 0 amide bonds. The van der Waals surface area contributed by atoms with Crippen LogP contribution in [-0.4, -0.2) is 75.8 Å². The van der Waals surface area contributed by atoms with Crippen molar-refractivity contribution in [2.24, 2.45) is 0 Å². The van der Waals surface area contributed by atoms with Gasteiger partial charge in [-0.25, -0.2) is 4.98 Å². The van der Waals surface area contributed by atoms with Crippen LogP contribution in [-0.2, 0) is 32.6 Å². The summed E-state index contributed by atoms with van der Waals surface area (Å²) in [6, 6.07) is 27.3. The van der Waals surface area contributed by atoms with E-state index in [1.165, 1.54) is 33.3 Å². The van der Waals surface area contributed by atoms with Crippen LogP contribution in [0.2, 0.25) is 0 Å². The molecule has 5 aromatic rings. The highest BCUT2D eigenvalue weighted by Crippen LogP contribution is 2.30. The van der Waals surface area contributed by atoms with Crippen LogP contribution in [0.4, 0.5) is 5.82 Å². The molecule has 46 heavy (non-hydrogen) atoms. The fourth-order valence-corrected chi connectivity index (χ4v) is 6.33. The number of rotatable bonds is 16. The summed E-state index contributed by atoms with van der Waals surface area (Å²) in [5.41, 5.74) is 7.56. The standard InChI is InChI=1S/C37H45N7O2/c1-46-32-12-13-35-34(22-32)33-14-19-43(27-36(33)42-35)24-28-8-10-29(11-9-28)25-44(20-18-38-23-30-6-2-4-16-39-30)26-31(15-21-45)41-37-7-3-5-17-40-37/h2-13,16-17,22,31,38,42,45H,14-15,18-21,23-27H2,1H3,(H,40,41). The molecule has 0 radical (unpaired) electrons. The SMILES string of the molecule is COc1ccc2[nH]c3c(c2c1)CCN(Cc1ccc(CN(CCNCc2ccccn2)CC(CCO)Nc2ccccn2)cc1)C3. The van der Waals surface area contributed by atoms with Gasteiger partial charge >= 0.3 is 0 Å². The molecular weight excluding hydrogens is 574 g/mol. The largest absolute Gasteiger partial charge is 0.497 e. The molecule has 1 aliphatic rings. The predicted molar refractivity (Wildman–Crippen MR) is 184 cm³/mol. The molecule has 0 saturated heterocycles. The summed E-state index contributed by atoms with van der Waals surface area (Å²) in [5, 5.41) is 18.2. The fraction of sp³-hybridized carbons (Fsp3) is 0.351. The van der Waals surface area contributed by atoms with Gasteiger partial charge < -0.3 is 25.5 Å².